The van der Waals surface area contributed by atoms with Gasteiger partial charge in [0.1, 0.15) is 0 Å². The summed E-state index contributed by atoms with van der Waals surface area (Å²) in [5.41, 5.74) is 1.32. The number of methoxy groups -OCH3 is 1. The third-order valence-corrected chi connectivity index (χ3v) is 1.98. The lowest BCUT2D eigenvalue weighted by Gasteiger charge is -2.16. The fourth-order valence-corrected chi connectivity index (χ4v) is 1.41. The number of hydrogen-bond donors (Lipinski definition) is 0. The second kappa shape index (κ2) is 6.21. The van der Waals surface area contributed by atoms with Crippen molar-refractivity contribution in [1.29, 1.82) is 0 Å². The molecule has 1 heterocycles. The normalized spacial score (nSPS) is 23.7. The lowest BCUT2D eigenvalue weighted by Crippen LogP contribution is -2.28. The quantitative estimate of drug-likeness (QED) is 0.589. The van der Waals surface area contributed by atoms with E-state index in [2.05, 4.69) is 18.5 Å². The molecule has 0 amide bonds. The van der Waals surface area contributed by atoms with Crippen LogP contribution in [0.25, 0.3) is 0 Å². The minimum absolute atomic E-state index is 0.567. The zero-order chi connectivity index (χ0) is 9.56. The molecule has 2 heteroatoms. The van der Waals surface area contributed by atoms with E-state index in [-0.39, 0.29) is 0 Å². The van der Waals surface area contributed by atoms with Gasteiger partial charge in [0.2, 0.25) is 0 Å². The first kappa shape index (κ1) is 11.7. The maximum absolute atomic E-state index is 5.06. The van der Waals surface area contributed by atoms with Crippen LogP contribution in [0.2, 0.25) is 0 Å². The molecular weight excluding hydrogens is 150 g/mol. The van der Waals surface area contributed by atoms with Gasteiger partial charge in [-0.15, -0.1) is 0 Å². The van der Waals surface area contributed by atoms with Gasteiger partial charge in [0.15, 0.2) is 0 Å². The van der Waals surface area contributed by atoms with Gasteiger partial charge in [0.05, 0.1) is 6.61 Å². The lowest BCUT2D eigenvalue weighted by atomic mass is 10.2. The van der Waals surface area contributed by atoms with Crippen LogP contribution in [-0.2, 0) is 4.74 Å². The molecule has 1 fully saturated rings. The molecule has 2 nitrogen and oxygen atoms in total. The summed E-state index contributed by atoms with van der Waals surface area (Å²) in [4.78, 5) is 2.28. The molecule has 72 valence electrons. The van der Waals surface area contributed by atoms with Gasteiger partial charge in [-0.25, -0.2) is 0 Å². The number of likely N-dealkylation sites (tertiary alicyclic amines) is 1. The van der Waals surface area contributed by atoms with Crippen LogP contribution in [0, 0.1) is 0 Å². The molecule has 0 bridgehead atoms. The van der Waals surface area contributed by atoms with Crippen molar-refractivity contribution in [3.8, 4) is 0 Å². The van der Waals surface area contributed by atoms with E-state index < -0.39 is 0 Å². The van der Waals surface area contributed by atoms with Gasteiger partial charge in [0, 0.05) is 19.7 Å². The highest BCUT2D eigenvalue weighted by Gasteiger charge is 2.22. The van der Waals surface area contributed by atoms with Crippen LogP contribution in [0.1, 0.15) is 20.3 Å². The van der Waals surface area contributed by atoms with E-state index in [0.717, 1.165) is 19.6 Å². The van der Waals surface area contributed by atoms with E-state index in [1.165, 1.54) is 5.57 Å². The Bertz CT molecular complexity index is 134. The van der Waals surface area contributed by atoms with E-state index in [4.69, 9.17) is 4.74 Å². The SMILES string of the molecule is C=C1CC(COC)N(C)C1.CC. The first-order valence-corrected chi connectivity index (χ1v) is 4.60. The van der Waals surface area contributed by atoms with Crippen LogP contribution >= 0.6 is 0 Å². The van der Waals surface area contributed by atoms with Crippen molar-refractivity contribution in [3.63, 3.8) is 0 Å². The van der Waals surface area contributed by atoms with E-state index in [1.54, 1.807) is 7.11 Å². The number of rotatable bonds is 2. The third-order valence-electron chi connectivity index (χ3n) is 1.98. The minimum atomic E-state index is 0.567. The highest BCUT2D eigenvalue weighted by atomic mass is 16.5. The molecule has 0 saturated carbocycles. The highest BCUT2D eigenvalue weighted by Crippen LogP contribution is 2.18. The Hall–Kier alpha value is -0.340. The number of likely N-dealkylation sites (N-methyl/N-ethyl adjacent to an activating group) is 1. The van der Waals surface area contributed by atoms with Gasteiger partial charge in [-0.05, 0) is 13.5 Å². The smallest absolute Gasteiger partial charge is 0.0621 e. The number of ether oxygens (including phenoxy) is 1. The Balaban J connectivity index is 0.000000561. The van der Waals surface area contributed by atoms with E-state index in [0.29, 0.717) is 6.04 Å². The van der Waals surface area contributed by atoms with Gasteiger partial charge in [-0.3, -0.25) is 4.90 Å². The Morgan fingerprint density at radius 2 is 2.17 bits per heavy atom. The summed E-state index contributed by atoms with van der Waals surface area (Å²) in [5.74, 6) is 0. The molecule has 0 spiro atoms. The summed E-state index contributed by atoms with van der Waals surface area (Å²) in [6, 6.07) is 0.567. The summed E-state index contributed by atoms with van der Waals surface area (Å²) in [6.45, 7) is 9.80. The molecule has 1 rings (SSSR count). The first-order valence-electron chi connectivity index (χ1n) is 4.60. The molecule has 1 aliphatic rings. The topological polar surface area (TPSA) is 12.5 Å². The zero-order valence-corrected chi connectivity index (χ0v) is 8.76. The summed E-state index contributed by atoms with van der Waals surface area (Å²) >= 11 is 0. The summed E-state index contributed by atoms with van der Waals surface area (Å²) in [5, 5.41) is 0. The second-order valence-electron chi connectivity index (χ2n) is 2.98. The monoisotopic (exact) mass is 171 g/mol. The minimum Gasteiger partial charge on any atom is -0.383 e. The van der Waals surface area contributed by atoms with Gasteiger partial charge >= 0.3 is 0 Å². The van der Waals surface area contributed by atoms with E-state index in [9.17, 15) is 0 Å². The van der Waals surface area contributed by atoms with Crippen LogP contribution in [-0.4, -0.2) is 38.3 Å². The maximum atomic E-state index is 5.06. The maximum Gasteiger partial charge on any atom is 0.0621 e. The number of hydrogen-bond acceptors (Lipinski definition) is 2. The molecule has 0 N–H and O–H groups in total. The number of nitrogens with zero attached hydrogens (tertiary/aromatic N) is 1. The summed E-state index contributed by atoms with van der Waals surface area (Å²) in [6.07, 6.45) is 1.10. The average Bonchev–Trinajstić information content (AvgIpc) is 2.35. The van der Waals surface area contributed by atoms with Crippen LogP contribution in [0.15, 0.2) is 12.2 Å². The molecule has 0 aliphatic carbocycles. The van der Waals surface area contributed by atoms with Crippen molar-refractivity contribution in [2.45, 2.75) is 26.3 Å². The molecule has 1 aliphatic heterocycles. The van der Waals surface area contributed by atoms with Crippen molar-refractivity contribution < 1.29 is 4.74 Å². The largest absolute Gasteiger partial charge is 0.383 e. The van der Waals surface area contributed by atoms with Crippen molar-refractivity contribution in [2.24, 2.45) is 0 Å². The molecule has 12 heavy (non-hydrogen) atoms. The van der Waals surface area contributed by atoms with E-state index >= 15 is 0 Å². The van der Waals surface area contributed by atoms with Crippen LogP contribution in [0.4, 0.5) is 0 Å². The predicted octanol–water partition coefficient (Wildman–Crippen LogP) is 1.92. The molecular formula is C10H21NO. The van der Waals surface area contributed by atoms with Crippen molar-refractivity contribution in [3.05, 3.63) is 12.2 Å². The Morgan fingerprint density at radius 1 is 1.58 bits per heavy atom. The van der Waals surface area contributed by atoms with Crippen LogP contribution in [0.5, 0.6) is 0 Å². The second-order valence-corrected chi connectivity index (χ2v) is 2.98. The fraction of sp³-hybridized carbons (Fsp3) is 0.800. The molecule has 0 aromatic heterocycles. The first-order chi connectivity index (χ1) is 5.74. The van der Waals surface area contributed by atoms with Crippen molar-refractivity contribution >= 4 is 0 Å². The zero-order valence-electron chi connectivity index (χ0n) is 8.76. The fourth-order valence-electron chi connectivity index (χ4n) is 1.41. The van der Waals surface area contributed by atoms with Gasteiger partial charge in [0.25, 0.3) is 0 Å². The molecule has 0 aromatic carbocycles. The third kappa shape index (κ3) is 3.37. The van der Waals surface area contributed by atoms with Crippen LogP contribution < -0.4 is 0 Å². The molecule has 0 radical (unpaired) electrons. The molecule has 0 aromatic rings. The van der Waals surface area contributed by atoms with Crippen molar-refractivity contribution in [1.82, 2.24) is 4.90 Å². The van der Waals surface area contributed by atoms with E-state index in [1.807, 2.05) is 13.8 Å². The molecule has 1 unspecified atom stereocenters. The average molecular weight is 171 g/mol. The Labute approximate surface area is 76.2 Å². The van der Waals surface area contributed by atoms with Crippen LogP contribution in [0.3, 0.4) is 0 Å². The molecule has 1 atom stereocenters. The van der Waals surface area contributed by atoms with Gasteiger partial charge < -0.3 is 4.74 Å². The summed E-state index contributed by atoms with van der Waals surface area (Å²) in [7, 11) is 3.86. The highest BCUT2D eigenvalue weighted by molar-refractivity contribution is 5.07. The lowest BCUT2D eigenvalue weighted by molar-refractivity contribution is 0.129. The standard InChI is InChI=1S/C8H15NO.C2H6/c1-7-4-8(6-10-3)9(2)5-7;1-2/h8H,1,4-6H2,2-3H3;1-2H3. The van der Waals surface area contributed by atoms with Crippen molar-refractivity contribution in [2.75, 3.05) is 27.3 Å². The Morgan fingerprint density at radius 3 is 2.50 bits per heavy atom. The predicted molar refractivity (Wildman–Crippen MR) is 53.4 cm³/mol. The Kier molecular flexibility index (Phi) is 6.03. The molecule has 1 saturated heterocycles. The van der Waals surface area contributed by atoms with Gasteiger partial charge in [-0.2, -0.15) is 0 Å². The summed E-state index contributed by atoms with van der Waals surface area (Å²) < 4.78 is 5.06. The van der Waals surface area contributed by atoms with Gasteiger partial charge in [-0.1, -0.05) is 26.0 Å².